The average molecular weight is 595 g/mol. The molecular weight excluding hydrogens is 560 g/mol. The van der Waals surface area contributed by atoms with Gasteiger partial charge in [0, 0.05) is 36.1 Å². The molecule has 0 aromatic heterocycles. The van der Waals surface area contributed by atoms with E-state index in [0.29, 0.717) is 73.0 Å². The summed E-state index contributed by atoms with van der Waals surface area (Å²) in [6.45, 7) is 1.95. The third kappa shape index (κ3) is 8.36. The first-order chi connectivity index (χ1) is 20.9. The van der Waals surface area contributed by atoms with Crippen molar-refractivity contribution in [3.05, 3.63) is 108 Å². The Morgan fingerprint density at radius 3 is 1.35 bits per heavy atom. The molecule has 0 radical (unpaired) electrons. The van der Waals surface area contributed by atoms with Crippen molar-refractivity contribution in [3.63, 3.8) is 0 Å². The van der Waals surface area contributed by atoms with Crippen molar-refractivity contribution in [2.75, 3.05) is 26.4 Å². The molecule has 0 amide bonds. The molecule has 43 heavy (non-hydrogen) atoms. The van der Waals surface area contributed by atoms with Crippen LogP contribution in [0.3, 0.4) is 0 Å². The molecule has 1 aliphatic rings. The van der Waals surface area contributed by atoms with Crippen molar-refractivity contribution in [2.24, 2.45) is 0 Å². The molecule has 0 spiro atoms. The zero-order valence-electron chi connectivity index (χ0n) is 23.8. The highest BCUT2D eigenvalue weighted by molar-refractivity contribution is 5.65. The predicted octanol–water partition coefficient (Wildman–Crippen LogP) is 9.12. The van der Waals surface area contributed by atoms with Gasteiger partial charge in [-0.25, -0.2) is 17.6 Å². The molecule has 0 atom stereocenters. The Hall–Kier alpha value is -3.88. The SMILES string of the molecule is Fc1ccc(-c2ccc(OCCCCC3(CCCCOc4ccc(-c5ccc(F)cc5)c(F)c4)OCCO3)cc2F)cc1. The van der Waals surface area contributed by atoms with Crippen molar-refractivity contribution in [1.82, 2.24) is 0 Å². The van der Waals surface area contributed by atoms with Crippen LogP contribution in [0, 0.1) is 23.3 Å². The Labute approximate surface area is 249 Å². The number of rotatable bonds is 14. The molecule has 4 aromatic rings. The van der Waals surface area contributed by atoms with Crippen LogP contribution in [0.15, 0.2) is 84.9 Å². The first-order valence-corrected chi connectivity index (χ1v) is 14.6. The van der Waals surface area contributed by atoms with Crippen molar-refractivity contribution >= 4 is 0 Å². The van der Waals surface area contributed by atoms with Gasteiger partial charge >= 0.3 is 0 Å². The van der Waals surface area contributed by atoms with E-state index in [4.69, 9.17) is 18.9 Å². The minimum absolute atomic E-state index is 0.367. The Bertz CT molecular complexity index is 1360. The van der Waals surface area contributed by atoms with E-state index in [1.165, 1.54) is 36.4 Å². The number of hydrogen-bond acceptors (Lipinski definition) is 4. The summed E-state index contributed by atoms with van der Waals surface area (Å²) < 4.78 is 79.0. The summed E-state index contributed by atoms with van der Waals surface area (Å²) >= 11 is 0. The Morgan fingerprint density at radius 1 is 0.535 bits per heavy atom. The third-order valence-corrected chi connectivity index (χ3v) is 7.45. The van der Waals surface area contributed by atoms with Gasteiger partial charge in [-0.1, -0.05) is 24.3 Å². The van der Waals surface area contributed by atoms with Gasteiger partial charge in [0.05, 0.1) is 26.4 Å². The van der Waals surface area contributed by atoms with Crippen LogP contribution in [0.5, 0.6) is 11.5 Å². The summed E-state index contributed by atoms with van der Waals surface area (Å²) in [6, 6.07) is 20.8. The molecule has 4 nitrogen and oxygen atoms in total. The summed E-state index contributed by atoms with van der Waals surface area (Å²) in [5, 5.41) is 0. The summed E-state index contributed by atoms with van der Waals surface area (Å²) in [7, 11) is 0. The molecule has 1 aliphatic heterocycles. The highest BCUT2D eigenvalue weighted by atomic mass is 19.1. The van der Waals surface area contributed by atoms with E-state index in [9.17, 15) is 17.6 Å². The number of unbranched alkanes of at least 4 members (excludes halogenated alkanes) is 2. The fourth-order valence-electron chi connectivity index (χ4n) is 5.18. The lowest BCUT2D eigenvalue weighted by Crippen LogP contribution is -2.30. The molecule has 5 rings (SSSR count). The van der Waals surface area contributed by atoms with Crippen LogP contribution in [0.4, 0.5) is 17.6 Å². The van der Waals surface area contributed by atoms with Crippen LogP contribution in [0.2, 0.25) is 0 Å². The lowest BCUT2D eigenvalue weighted by Gasteiger charge is -2.27. The van der Waals surface area contributed by atoms with Gasteiger partial charge in [-0.2, -0.15) is 0 Å². The first kappa shape index (κ1) is 30.6. The lowest BCUT2D eigenvalue weighted by molar-refractivity contribution is -0.168. The smallest absolute Gasteiger partial charge is 0.168 e. The van der Waals surface area contributed by atoms with Crippen molar-refractivity contribution in [1.29, 1.82) is 0 Å². The topological polar surface area (TPSA) is 36.9 Å². The lowest BCUT2D eigenvalue weighted by atomic mass is 10.0. The average Bonchev–Trinajstić information content (AvgIpc) is 3.47. The van der Waals surface area contributed by atoms with E-state index in [-0.39, 0.29) is 11.6 Å². The van der Waals surface area contributed by atoms with Gasteiger partial charge in [0.25, 0.3) is 0 Å². The summed E-state index contributed by atoms with van der Waals surface area (Å²) in [5.74, 6) is -1.33. The van der Waals surface area contributed by atoms with Crippen LogP contribution in [0.25, 0.3) is 22.3 Å². The minimum Gasteiger partial charge on any atom is -0.493 e. The molecule has 226 valence electrons. The largest absolute Gasteiger partial charge is 0.493 e. The second kappa shape index (κ2) is 14.5. The molecule has 1 fully saturated rings. The second-order valence-corrected chi connectivity index (χ2v) is 10.5. The molecule has 8 heteroatoms. The molecule has 1 heterocycles. The highest BCUT2D eigenvalue weighted by Crippen LogP contribution is 2.32. The Kier molecular flexibility index (Phi) is 10.3. The maximum Gasteiger partial charge on any atom is 0.168 e. The van der Waals surface area contributed by atoms with E-state index < -0.39 is 17.4 Å². The zero-order valence-corrected chi connectivity index (χ0v) is 23.8. The Balaban J connectivity index is 1.01. The van der Waals surface area contributed by atoms with E-state index in [1.54, 1.807) is 48.5 Å². The zero-order chi connectivity index (χ0) is 30.1. The number of hydrogen-bond donors (Lipinski definition) is 0. The van der Waals surface area contributed by atoms with Gasteiger partial charge in [-0.3, -0.25) is 0 Å². The van der Waals surface area contributed by atoms with Gasteiger partial charge < -0.3 is 18.9 Å². The molecule has 0 aliphatic carbocycles. The normalized spacial score (nSPS) is 14.1. The summed E-state index contributed by atoms with van der Waals surface area (Å²) in [6.07, 6.45) is 4.55. The van der Waals surface area contributed by atoms with Crippen molar-refractivity contribution < 1.29 is 36.5 Å². The van der Waals surface area contributed by atoms with Crippen molar-refractivity contribution in [2.45, 2.75) is 44.3 Å². The van der Waals surface area contributed by atoms with Crippen LogP contribution in [-0.2, 0) is 9.47 Å². The molecule has 4 aromatic carbocycles. The van der Waals surface area contributed by atoms with Gasteiger partial charge in [0.1, 0.15) is 34.8 Å². The summed E-state index contributed by atoms with van der Waals surface area (Å²) in [4.78, 5) is 0. The van der Waals surface area contributed by atoms with E-state index in [2.05, 4.69) is 0 Å². The van der Waals surface area contributed by atoms with Crippen LogP contribution < -0.4 is 9.47 Å². The second-order valence-electron chi connectivity index (χ2n) is 10.5. The molecule has 0 bridgehead atoms. The molecular formula is C35H34F4O4. The van der Waals surface area contributed by atoms with Crippen LogP contribution in [0.1, 0.15) is 38.5 Å². The van der Waals surface area contributed by atoms with Gasteiger partial charge in [-0.15, -0.1) is 0 Å². The maximum atomic E-state index is 14.6. The summed E-state index contributed by atoms with van der Waals surface area (Å²) in [5.41, 5.74) is 1.99. The number of ether oxygens (including phenoxy) is 4. The number of halogens is 4. The first-order valence-electron chi connectivity index (χ1n) is 14.6. The van der Waals surface area contributed by atoms with Gasteiger partial charge in [0.15, 0.2) is 5.79 Å². The fourth-order valence-corrected chi connectivity index (χ4v) is 5.18. The third-order valence-electron chi connectivity index (χ3n) is 7.45. The highest BCUT2D eigenvalue weighted by Gasteiger charge is 2.35. The fraction of sp³-hybridized carbons (Fsp3) is 0.314. The van der Waals surface area contributed by atoms with E-state index >= 15 is 0 Å². The quantitative estimate of drug-likeness (QED) is 0.108. The Morgan fingerprint density at radius 2 is 0.953 bits per heavy atom. The molecule has 0 saturated carbocycles. The molecule has 0 unspecified atom stereocenters. The number of benzene rings is 4. The maximum absolute atomic E-state index is 14.6. The van der Waals surface area contributed by atoms with Crippen LogP contribution in [-0.4, -0.2) is 32.2 Å². The standard InChI is InChI=1S/C35H34F4O4/c36-27-9-5-25(6-10-27)31-15-13-29(23-33(31)38)40-19-3-1-17-35(42-21-22-43-35)18-2-4-20-41-30-14-16-32(34(39)24-30)26-7-11-28(37)12-8-26/h5-16,23-24H,1-4,17-22H2. The molecule has 1 saturated heterocycles. The molecule has 0 N–H and O–H groups in total. The van der Waals surface area contributed by atoms with Gasteiger partial charge in [0.2, 0.25) is 0 Å². The van der Waals surface area contributed by atoms with Crippen LogP contribution >= 0.6 is 0 Å². The van der Waals surface area contributed by atoms with E-state index in [0.717, 1.165) is 25.7 Å². The van der Waals surface area contributed by atoms with Gasteiger partial charge in [-0.05, 0) is 85.3 Å². The predicted molar refractivity (Wildman–Crippen MR) is 157 cm³/mol. The van der Waals surface area contributed by atoms with Crippen molar-refractivity contribution in [3.8, 4) is 33.8 Å². The minimum atomic E-state index is -0.633. The van der Waals surface area contributed by atoms with E-state index in [1.807, 2.05) is 0 Å². The monoisotopic (exact) mass is 594 g/mol.